The summed E-state index contributed by atoms with van der Waals surface area (Å²) in [6, 6.07) is 18.6. The smallest absolute Gasteiger partial charge is 0.289 e. The molecule has 136 valence electrons. The lowest BCUT2D eigenvalue weighted by molar-refractivity contribution is 0.0950. The van der Waals surface area contributed by atoms with Gasteiger partial charge in [0.15, 0.2) is 0 Å². The van der Waals surface area contributed by atoms with Gasteiger partial charge in [-0.1, -0.05) is 41.9 Å². The Balaban J connectivity index is 1.61. The summed E-state index contributed by atoms with van der Waals surface area (Å²) in [5, 5.41) is 11.1. The van der Waals surface area contributed by atoms with Gasteiger partial charge in [0.25, 0.3) is 5.91 Å². The highest BCUT2D eigenvalue weighted by molar-refractivity contribution is 6.41. The second-order valence-corrected chi connectivity index (χ2v) is 5.97. The fraction of sp³-hybridized carbons (Fsp3) is 0.0500. The van der Waals surface area contributed by atoms with Crippen molar-refractivity contribution in [2.75, 3.05) is 7.11 Å². The van der Waals surface area contributed by atoms with E-state index in [4.69, 9.17) is 16.3 Å². The van der Waals surface area contributed by atoms with Gasteiger partial charge < -0.3 is 4.74 Å². The number of methoxy groups -OCH3 is 1. The van der Waals surface area contributed by atoms with Gasteiger partial charge in [-0.05, 0) is 42.0 Å². The van der Waals surface area contributed by atoms with E-state index in [0.717, 1.165) is 16.9 Å². The number of nitrogens with one attached hydrogen (secondary N) is 2. The largest absolute Gasteiger partial charge is 0.497 e. The Labute approximate surface area is 161 Å². The molecule has 0 bridgehead atoms. The number of aromatic amines is 1. The van der Waals surface area contributed by atoms with Crippen molar-refractivity contribution in [1.29, 1.82) is 0 Å². The number of halogens is 1. The number of hydrogen-bond donors (Lipinski definition) is 2. The van der Waals surface area contributed by atoms with Crippen LogP contribution >= 0.6 is 11.6 Å². The van der Waals surface area contributed by atoms with Crippen molar-refractivity contribution in [3.8, 4) is 17.0 Å². The van der Waals surface area contributed by atoms with E-state index in [1.165, 1.54) is 6.21 Å². The number of carbonyl (C=O) groups excluding carboxylic acids is 1. The molecule has 0 aliphatic carbocycles. The maximum Gasteiger partial charge on any atom is 0.289 e. The zero-order chi connectivity index (χ0) is 19.1. The maximum atomic E-state index is 12.2. The molecule has 2 aromatic carbocycles. The number of amides is 1. The van der Waals surface area contributed by atoms with E-state index in [1.807, 2.05) is 54.6 Å². The van der Waals surface area contributed by atoms with E-state index in [-0.39, 0.29) is 0 Å². The van der Waals surface area contributed by atoms with Crippen molar-refractivity contribution in [2.24, 2.45) is 5.10 Å². The summed E-state index contributed by atoms with van der Waals surface area (Å²) < 4.78 is 5.13. The highest BCUT2D eigenvalue weighted by atomic mass is 35.5. The Morgan fingerprint density at radius 3 is 2.63 bits per heavy atom. The molecule has 3 rings (SSSR count). The van der Waals surface area contributed by atoms with Crippen LogP contribution < -0.4 is 10.2 Å². The summed E-state index contributed by atoms with van der Waals surface area (Å²) in [5.74, 6) is 0.338. The van der Waals surface area contributed by atoms with Crippen LogP contribution in [0.2, 0.25) is 0 Å². The third kappa shape index (κ3) is 5.05. The summed E-state index contributed by atoms with van der Waals surface area (Å²) in [6.07, 6.45) is 3.11. The Kier molecular flexibility index (Phi) is 6.02. The molecule has 0 aliphatic heterocycles. The Bertz CT molecular complexity index is 963. The number of nitrogens with zero attached hydrogens (tertiary/aromatic N) is 2. The highest BCUT2D eigenvalue weighted by Crippen LogP contribution is 2.21. The Morgan fingerprint density at radius 2 is 1.93 bits per heavy atom. The van der Waals surface area contributed by atoms with Crippen LogP contribution in [-0.4, -0.2) is 29.4 Å². The number of allylic oxidation sites excluding steroid dienone is 1. The molecule has 27 heavy (non-hydrogen) atoms. The van der Waals surface area contributed by atoms with Gasteiger partial charge in [-0.3, -0.25) is 9.89 Å². The highest BCUT2D eigenvalue weighted by Gasteiger charge is 2.10. The summed E-state index contributed by atoms with van der Waals surface area (Å²) in [5.41, 5.74) is 5.16. The van der Waals surface area contributed by atoms with Crippen molar-refractivity contribution < 1.29 is 9.53 Å². The van der Waals surface area contributed by atoms with E-state index in [2.05, 4.69) is 20.7 Å². The van der Waals surface area contributed by atoms with Crippen LogP contribution in [0.4, 0.5) is 0 Å². The van der Waals surface area contributed by atoms with Crippen LogP contribution in [0.25, 0.3) is 17.3 Å². The molecule has 2 N–H and O–H groups in total. The molecule has 6 nitrogen and oxygen atoms in total. The molecule has 1 heterocycles. The zero-order valence-electron chi connectivity index (χ0n) is 14.5. The number of aromatic nitrogens is 2. The first-order chi connectivity index (χ1) is 13.2. The van der Waals surface area contributed by atoms with E-state index in [9.17, 15) is 4.79 Å². The van der Waals surface area contributed by atoms with Gasteiger partial charge in [0.05, 0.1) is 24.1 Å². The van der Waals surface area contributed by atoms with Gasteiger partial charge in [0.1, 0.15) is 11.4 Å². The van der Waals surface area contributed by atoms with Crippen LogP contribution in [0.5, 0.6) is 5.75 Å². The van der Waals surface area contributed by atoms with E-state index < -0.39 is 5.91 Å². The molecule has 0 saturated carbocycles. The maximum absolute atomic E-state index is 12.2. The fourth-order valence-corrected chi connectivity index (χ4v) is 2.48. The average molecular weight is 381 g/mol. The second kappa shape index (κ2) is 8.82. The molecule has 0 atom stereocenters. The number of ether oxygens (including phenoxy) is 1. The molecule has 0 radical (unpaired) electrons. The summed E-state index contributed by atoms with van der Waals surface area (Å²) in [7, 11) is 1.60. The zero-order valence-corrected chi connectivity index (χ0v) is 15.3. The van der Waals surface area contributed by atoms with Gasteiger partial charge in [0.2, 0.25) is 0 Å². The number of carbonyl (C=O) groups is 1. The number of H-pyrrole nitrogens is 1. The lowest BCUT2D eigenvalue weighted by atomic mass is 10.1. The Morgan fingerprint density at radius 1 is 1.19 bits per heavy atom. The van der Waals surface area contributed by atoms with Crippen LogP contribution in [0.15, 0.2) is 70.8 Å². The molecule has 7 heteroatoms. The van der Waals surface area contributed by atoms with E-state index in [0.29, 0.717) is 16.4 Å². The molecule has 3 aromatic rings. The van der Waals surface area contributed by atoms with E-state index >= 15 is 0 Å². The van der Waals surface area contributed by atoms with Crippen molar-refractivity contribution in [1.82, 2.24) is 15.6 Å². The molecule has 0 spiro atoms. The number of hydrogen-bond acceptors (Lipinski definition) is 4. The predicted molar refractivity (Wildman–Crippen MR) is 107 cm³/mol. The quantitative estimate of drug-likeness (QED) is 0.499. The minimum atomic E-state index is -0.414. The standard InChI is InChI=1S/C20H17ClN4O2/c1-27-17-9-7-15(8-10-17)18-12-19(24-23-18)20(26)25-22-13-16(21)11-14-5-3-2-4-6-14/h2-13H,1H3,(H,23,24)(H,25,26)/b16-11-,22-13+. The topological polar surface area (TPSA) is 79.4 Å². The van der Waals surface area contributed by atoms with Crippen molar-refractivity contribution in [2.45, 2.75) is 0 Å². The third-order valence-corrected chi connectivity index (χ3v) is 3.87. The van der Waals surface area contributed by atoms with Gasteiger partial charge in [-0.25, -0.2) is 5.43 Å². The lowest BCUT2D eigenvalue weighted by Crippen LogP contribution is -2.17. The number of benzene rings is 2. The van der Waals surface area contributed by atoms with Crippen LogP contribution in [0.1, 0.15) is 16.1 Å². The van der Waals surface area contributed by atoms with Crippen LogP contribution in [0, 0.1) is 0 Å². The van der Waals surface area contributed by atoms with Crippen molar-refractivity contribution in [3.63, 3.8) is 0 Å². The normalized spacial score (nSPS) is 11.6. The fourth-order valence-electron chi connectivity index (χ4n) is 2.31. The lowest BCUT2D eigenvalue weighted by Gasteiger charge is -2.00. The first-order valence-corrected chi connectivity index (χ1v) is 8.49. The third-order valence-electron chi connectivity index (χ3n) is 3.67. The van der Waals surface area contributed by atoms with Gasteiger partial charge in [-0.15, -0.1) is 0 Å². The minimum absolute atomic E-state index is 0.293. The molecule has 1 amide bonds. The average Bonchev–Trinajstić information content (AvgIpc) is 3.19. The van der Waals surface area contributed by atoms with Crippen LogP contribution in [0.3, 0.4) is 0 Å². The summed E-state index contributed by atoms with van der Waals surface area (Å²) in [4.78, 5) is 12.2. The summed E-state index contributed by atoms with van der Waals surface area (Å²) in [6.45, 7) is 0. The number of rotatable bonds is 6. The predicted octanol–water partition coefficient (Wildman–Crippen LogP) is 4.08. The first-order valence-electron chi connectivity index (χ1n) is 8.11. The molecular weight excluding hydrogens is 364 g/mol. The molecule has 0 aliphatic rings. The van der Waals surface area contributed by atoms with E-state index in [1.54, 1.807) is 19.3 Å². The molecule has 0 fully saturated rings. The number of hydrazone groups is 1. The second-order valence-electron chi connectivity index (χ2n) is 5.53. The van der Waals surface area contributed by atoms with Gasteiger partial charge in [0, 0.05) is 5.56 Å². The molecule has 0 saturated heterocycles. The van der Waals surface area contributed by atoms with Crippen LogP contribution in [-0.2, 0) is 0 Å². The SMILES string of the molecule is COc1ccc(-c2cc(C(=O)N/N=C/C(Cl)=C/c3ccccc3)[nH]n2)cc1. The van der Waals surface area contributed by atoms with Crippen molar-refractivity contribution in [3.05, 3.63) is 77.0 Å². The summed E-state index contributed by atoms with van der Waals surface area (Å²) >= 11 is 6.08. The molecular formula is C20H17ClN4O2. The Hall–Kier alpha value is -3.38. The van der Waals surface area contributed by atoms with Crippen molar-refractivity contribution >= 4 is 29.8 Å². The van der Waals surface area contributed by atoms with Gasteiger partial charge in [-0.2, -0.15) is 10.2 Å². The minimum Gasteiger partial charge on any atom is -0.497 e. The van der Waals surface area contributed by atoms with Gasteiger partial charge >= 0.3 is 0 Å². The molecule has 0 unspecified atom stereocenters. The first kappa shape index (κ1) is 18.4. The molecule has 1 aromatic heterocycles. The monoisotopic (exact) mass is 380 g/mol.